The third-order valence-electron chi connectivity index (χ3n) is 9.56. The zero-order valence-electron chi connectivity index (χ0n) is 24.9. The van der Waals surface area contributed by atoms with Gasteiger partial charge < -0.3 is 9.47 Å². The van der Waals surface area contributed by atoms with Gasteiger partial charge in [0.25, 0.3) is 6.71 Å². The summed E-state index contributed by atoms with van der Waals surface area (Å²) in [6.07, 6.45) is 18.8. The Balaban J connectivity index is 1.30. The van der Waals surface area contributed by atoms with Gasteiger partial charge in [-0.25, -0.2) is 0 Å². The molecule has 0 saturated heterocycles. The molecular weight excluding hydrogens is 547 g/mol. The molecule has 0 saturated carbocycles. The summed E-state index contributed by atoms with van der Waals surface area (Å²) in [5.41, 5.74) is 11.7. The summed E-state index contributed by atoms with van der Waals surface area (Å²) < 4.78 is 14.1. The van der Waals surface area contributed by atoms with Crippen molar-refractivity contribution >= 4 is 28.7 Å². The summed E-state index contributed by atoms with van der Waals surface area (Å²) in [5, 5.41) is 0. The van der Waals surface area contributed by atoms with Crippen LogP contribution in [-0.2, 0) is 0 Å². The normalized spacial score (nSPS) is 17.0. The summed E-state index contributed by atoms with van der Waals surface area (Å²) in [5.74, 6) is 3.88. The second-order valence-corrected chi connectivity index (χ2v) is 12.3. The highest BCUT2D eigenvalue weighted by Gasteiger charge is 2.43. The van der Waals surface area contributed by atoms with Crippen LogP contribution < -0.4 is 25.9 Å². The van der Waals surface area contributed by atoms with E-state index in [4.69, 9.17) is 9.47 Å². The van der Waals surface area contributed by atoms with Crippen LogP contribution in [-0.4, -0.2) is 6.71 Å². The summed E-state index contributed by atoms with van der Waals surface area (Å²) >= 11 is 0. The van der Waals surface area contributed by atoms with Crippen LogP contribution in [0.4, 0.5) is 0 Å². The van der Waals surface area contributed by atoms with E-state index in [2.05, 4.69) is 146 Å². The predicted octanol–water partition coefficient (Wildman–Crippen LogP) is 9.08. The van der Waals surface area contributed by atoms with Gasteiger partial charge in [-0.2, -0.15) is 0 Å². The van der Waals surface area contributed by atoms with Crippen molar-refractivity contribution in [3.63, 3.8) is 0 Å². The number of fused-ring (bicyclic) bond motifs is 4. The van der Waals surface area contributed by atoms with E-state index in [1.54, 1.807) is 0 Å². The minimum Gasteiger partial charge on any atom is -0.458 e. The van der Waals surface area contributed by atoms with Gasteiger partial charge in [-0.15, -0.1) is 0 Å². The molecule has 0 amide bonds. The van der Waals surface area contributed by atoms with E-state index in [9.17, 15) is 0 Å². The van der Waals surface area contributed by atoms with Crippen LogP contribution in [0.25, 0.3) is 27.8 Å². The van der Waals surface area contributed by atoms with Crippen molar-refractivity contribution in [3.8, 4) is 45.3 Å². The van der Waals surface area contributed by atoms with Crippen LogP contribution in [0.2, 0.25) is 0 Å². The van der Waals surface area contributed by atoms with E-state index in [0.29, 0.717) is 0 Å². The second kappa shape index (κ2) is 10.7. The predicted molar refractivity (Wildman–Crippen MR) is 187 cm³/mol. The van der Waals surface area contributed by atoms with Gasteiger partial charge in [-0.3, -0.25) is 0 Å². The molecule has 0 radical (unpaired) electrons. The molecule has 1 unspecified atom stereocenters. The quantitative estimate of drug-likeness (QED) is 0.194. The van der Waals surface area contributed by atoms with Crippen molar-refractivity contribution < 1.29 is 9.47 Å². The highest BCUT2D eigenvalue weighted by molar-refractivity contribution is 6.98. The highest BCUT2D eigenvalue weighted by Crippen LogP contribution is 2.46. The van der Waals surface area contributed by atoms with Crippen LogP contribution in [0.1, 0.15) is 36.3 Å². The van der Waals surface area contributed by atoms with Crippen LogP contribution in [0.5, 0.6) is 23.0 Å². The molecule has 5 aromatic carbocycles. The Bertz CT molecular complexity index is 2090. The van der Waals surface area contributed by atoms with Crippen LogP contribution in [0, 0.1) is 0 Å². The third-order valence-corrected chi connectivity index (χ3v) is 9.56. The fourth-order valence-electron chi connectivity index (χ4n) is 7.33. The molecule has 5 aromatic rings. The molecule has 1 atom stereocenters. The molecule has 2 nitrogen and oxygen atoms in total. The first-order valence-electron chi connectivity index (χ1n) is 16.0. The van der Waals surface area contributed by atoms with Gasteiger partial charge in [0.2, 0.25) is 0 Å². The number of hydrogen-bond acceptors (Lipinski definition) is 2. The van der Waals surface area contributed by atoms with Gasteiger partial charge in [-0.1, -0.05) is 127 Å². The Labute approximate surface area is 264 Å². The molecule has 2 heterocycles. The topological polar surface area (TPSA) is 18.5 Å². The maximum atomic E-state index is 7.04. The first kappa shape index (κ1) is 26.2. The molecule has 4 aliphatic rings. The van der Waals surface area contributed by atoms with Gasteiger partial charge in [0, 0.05) is 22.5 Å². The summed E-state index contributed by atoms with van der Waals surface area (Å²) in [7, 11) is 0. The second-order valence-electron chi connectivity index (χ2n) is 12.3. The Morgan fingerprint density at radius 3 is 2.02 bits per heavy atom. The fraction of sp³-hybridized carbons (Fsp3) is 0.0952. The molecule has 9 rings (SSSR count). The first-order chi connectivity index (χ1) is 22.3. The van der Waals surface area contributed by atoms with Crippen LogP contribution in [0.15, 0.2) is 146 Å². The lowest BCUT2D eigenvalue weighted by Gasteiger charge is -2.36. The van der Waals surface area contributed by atoms with Gasteiger partial charge in [-0.05, 0) is 76.2 Å². The number of ether oxygens (including phenoxy) is 2. The average molecular weight is 579 g/mol. The monoisotopic (exact) mass is 578 g/mol. The van der Waals surface area contributed by atoms with Crippen molar-refractivity contribution in [2.24, 2.45) is 0 Å². The minimum atomic E-state index is -0.0113. The van der Waals surface area contributed by atoms with E-state index in [1.807, 2.05) is 0 Å². The van der Waals surface area contributed by atoms with Gasteiger partial charge in [0.1, 0.15) is 23.0 Å². The molecule has 45 heavy (non-hydrogen) atoms. The number of allylic oxidation sites excluding steroid dienone is 8. The molecule has 2 aliphatic carbocycles. The fourth-order valence-corrected chi connectivity index (χ4v) is 7.33. The number of rotatable bonds is 4. The average Bonchev–Trinajstić information content (AvgIpc) is 3.12. The van der Waals surface area contributed by atoms with Crippen LogP contribution in [0.3, 0.4) is 0 Å². The Morgan fingerprint density at radius 2 is 1.31 bits per heavy atom. The Kier molecular flexibility index (Phi) is 6.23. The standard InChI is InChI=1S/C42H31BO2/c1-5-13-28(14-6-1)32-21-23-36-38(25-32)44-41-34(30-17-9-3-10-18-30)27-35(31-19-11-4-12-20-31)42-40(41)43(36)37-24-22-33(26-39(37)45-42)29-15-7-2-8-16-29/h1,3-7,9-17,19-27,30H,2,8,18H2. The lowest BCUT2D eigenvalue weighted by atomic mass is 9.34. The van der Waals surface area contributed by atoms with Crippen molar-refractivity contribution in [2.75, 3.05) is 0 Å². The lowest BCUT2D eigenvalue weighted by molar-refractivity contribution is 0.459. The third kappa shape index (κ3) is 4.42. The molecular formula is C42H31BO2. The van der Waals surface area contributed by atoms with E-state index in [1.165, 1.54) is 33.2 Å². The summed E-state index contributed by atoms with van der Waals surface area (Å²) in [6, 6.07) is 37.0. The number of benzene rings is 5. The van der Waals surface area contributed by atoms with Gasteiger partial charge >= 0.3 is 0 Å². The molecule has 2 aliphatic heterocycles. The maximum Gasteiger partial charge on any atom is 0.260 e. The lowest BCUT2D eigenvalue weighted by Crippen LogP contribution is -2.57. The zero-order valence-corrected chi connectivity index (χ0v) is 24.9. The molecule has 0 N–H and O–H groups in total. The van der Waals surface area contributed by atoms with E-state index < -0.39 is 0 Å². The number of hydrogen-bond donors (Lipinski definition) is 0. The minimum absolute atomic E-state index is 0.0113. The molecule has 214 valence electrons. The SMILES string of the molecule is C1=CCC(c2cc(-c3ccccc3)c3c4c2Oc2cc(-c5ccccc5)ccc2B4c2ccc(C4=CCCC=C4)cc2O3)C=C1. The first-order valence-corrected chi connectivity index (χ1v) is 16.0. The molecule has 3 heteroatoms. The van der Waals surface area contributed by atoms with E-state index in [-0.39, 0.29) is 12.6 Å². The van der Waals surface area contributed by atoms with E-state index >= 15 is 0 Å². The van der Waals surface area contributed by atoms with Crippen molar-refractivity contribution in [2.45, 2.75) is 25.2 Å². The van der Waals surface area contributed by atoms with Gasteiger partial charge in [0.15, 0.2) is 0 Å². The zero-order chi connectivity index (χ0) is 29.7. The maximum absolute atomic E-state index is 7.04. The van der Waals surface area contributed by atoms with Crippen molar-refractivity contribution in [1.29, 1.82) is 0 Å². The van der Waals surface area contributed by atoms with E-state index in [0.717, 1.165) is 64.4 Å². The van der Waals surface area contributed by atoms with Crippen LogP contribution >= 0.6 is 0 Å². The molecule has 0 bridgehead atoms. The van der Waals surface area contributed by atoms with Gasteiger partial charge in [0.05, 0.1) is 0 Å². The summed E-state index contributed by atoms with van der Waals surface area (Å²) in [6.45, 7) is -0.0113. The smallest absolute Gasteiger partial charge is 0.260 e. The Hall–Kier alpha value is -5.28. The van der Waals surface area contributed by atoms with Crippen molar-refractivity contribution in [1.82, 2.24) is 0 Å². The molecule has 0 aromatic heterocycles. The molecule has 0 fully saturated rings. The summed E-state index contributed by atoms with van der Waals surface area (Å²) in [4.78, 5) is 0. The molecule has 0 spiro atoms. The highest BCUT2D eigenvalue weighted by atomic mass is 16.5. The van der Waals surface area contributed by atoms with Crippen molar-refractivity contribution in [3.05, 3.63) is 157 Å². The largest absolute Gasteiger partial charge is 0.458 e. The Morgan fingerprint density at radius 1 is 0.600 bits per heavy atom.